The third kappa shape index (κ3) is 2.36. The van der Waals surface area contributed by atoms with Gasteiger partial charge in [-0.3, -0.25) is 4.79 Å². The molecule has 1 heterocycles. The molecule has 1 fully saturated rings. The Hall–Kier alpha value is -2.17. The molecule has 1 amide bonds. The van der Waals surface area contributed by atoms with Gasteiger partial charge in [0.2, 0.25) is 5.91 Å². The van der Waals surface area contributed by atoms with Crippen LogP contribution in [0.25, 0.3) is 11.0 Å². The Morgan fingerprint density at radius 3 is 2.34 bits per heavy atom. The molecule has 4 nitrogen and oxygen atoms in total. The highest BCUT2D eigenvalue weighted by molar-refractivity contribution is 6.42. The molecule has 3 aromatic rings. The van der Waals surface area contributed by atoms with Crippen LogP contribution in [-0.4, -0.2) is 22.9 Å². The van der Waals surface area contributed by atoms with Gasteiger partial charge in [0.15, 0.2) is 0 Å². The number of nitrogens with zero attached hydrogens (tertiary/aromatic N) is 3. The molecule has 148 valence electrons. The van der Waals surface area contributed by atoms with Gasteiger partial charge in [-0.05, 0) is 42.5 Å². The first kappa shape index (κ1) is 18.8. The van der Waals surface area contributed by atoms with Crippen molar-refractivity contribution in [2.45, 2.75) is 38.0 Å². The van der Waals surface area contributed by atoms with E-state index in [4.69, 9.17) is 33.2 Å². The van der Waals surface area contributed by atoms with Crippen LogP contribution in [0.1, 0.15) is 44.0 Å². The average Bonchev–Trinajstić information content (AvgIpc) is 3.08. The lowest BCUT2D eigenvalue weighted by Crippen LogP contribution is -2.50. The van der Waals surface area contributed by atoms with E-state index in [0.717, 1.165) is 35.4 Å². The second-order valence-corrected chi connectivity index (χ2v) is 9.44. The fourth-order valence-corrected chi connectivity index (χ4v) is 5.72. The molecule has 2 aliphatic rings. The zero-order valence-electron chi connectivity index (χ0n) is 16.5. The van der Waals surface area contributed by atoms with E-state index in [2.05, 4.69) is 13.8 Å². The lowest BCUT2D eigenvalue weighted by molar-refractivity contribution is -0.126. The van der Waals surface area contributed by atoms with Crippen LogP contribution in [0.3, 0.4) is 0 Å². The average molecular weight is 426 g/mol. The zero-order valence-corrected chi connectivity index (χ0v) is 18.1. The molecule has 0 aliphatic heterocycles. The van der Waals surface area contributed by atoms with Crippen molar-refractivity contribution < 1.29 is 4.79 Å². The first-order valence-corrected chi connectivity index (χ1v) is 10.5. The molecular formula is C23H21Cl2N3O. The van der Waals surface area contributed by atoms with E-state index in [0.29, 0.717) is 15.6 Å². The van der Waals surface area contributed by atoms with Gasteiger partial charge in [-0.25, -0.2) is 9.97 Å². The predicted molar refractivity (Wildman–Crippen MR) is 117 cm³/mol. The molecule has 2 unspecified atom stereocenters. The van der Waals surface area contributed by atoms with Gasteiger partial charge >= 0.3 is 0 Å². The predicted octanol–water partition coefficient (Wildman–Crippen LogP) is 5.75. The summed E-state index contributed by atoms with van der Waals surface area (Å²) < 4.78 is 0. The van der Waals surface area contributed by atoms with Gasteiger partial charge in [0.25, 0.3) is 0 Å². The fourth-order valence-electron chi connectivity index (χ4n) is 5.40. The Morgan fingerprint density at radius 1 is 1.07 bits per heavy atom. The Labute approximate surface area is 179 Å². The van der Waals surface area contributed by atoms with Crippen LogP contribution in [0.4, 0.5) is 5.69 Å². The van der Waals surface area contributed by atoms with Gasteiger partial charge in [-0.2, -0.15) is 0 Å². The number of rotatable bonds is 2. The molecule has 5 rings (SSSR count). The molecule has 2 bridgehead atoms. The molecule has 2 atom stereocenters. The zero-order chi connectivity index (χ0) is 20.6. The quantitative estimate of drug-likeness (QED) is 0.524. The van der Waals surface area contributed by atoms with E-state index in [1.807, 2.05) is 37.4 Å². The Balaban J connectivity index is 1.72. The molecular weight excluding hydrogens is 405 g/mol. The van der Waals surface area contributed by atoms with Crippen molar-refractivity contribution in [2.24, 2.45) is 5.41 Å². The van der Waals surface area contributed by atoms with Gasteiger partial charge in [-0.15, -0.1) is 0 Å². The summed E-state index contributed by atoms with van der Waals surface area (Å²) in [6.07, 6.45) is 1.70. The fraction of sp³-hybridized carbons (Fsp3) is 0.348. The Kier molecular flexibility index (Phi) is 4.00. The molecule has 1 aromatic heterocycles. The number of hydrogen-bond donors (Lipinski definition) is 0. The second-order valence-electron chi connectivity index (χ2n) is 8.63. The van der Waals surface area contributed by atoms with E-state index in [-0.39, 0.29) is 17.2 Å². The van der Waals surface area contributed by atoms with Gasteiger partial charge in [0.05, 0.1) is 37.9 Å². The molecule has 0 saturated heterocycles. The summed E-state index contributed by atoms with van der Waals surface area (Å²) in [6, 6.07) is 13.3. The van der Waals surface area contributed by atoms with Crippen molar-refractivity contribution >= 4 is 45.8 Å². The molecule has 0 N–H and O–H groups in total. The lowest BCUT2D eigenvalue weighted by atomic mass is 9.67. The third-order valence-electron chi connectivity index (χ3n) is 7.06. The number of fused-ring (bicyclic) bond motifs is 6. The lowest BCUT2D eigenvalue weighted by Gasteiger charge is -2.39. The van der Waals surface area contributed by atoms with E-state index >= 15 is 0 Å². The highest BCUT2D eigenvalue weighted by Gasteiger charge is 2.68. The van der Waals surface area contributed by atoms with Crippen molar-refractivity contribution in [3.05, 3.63) is 63.9 Å². The highest BCUT2D eigenvalue weighted by Crippen LogP contribution is 2.67. The van der Waals surface area contributed by atoms with Crippen molar-refractivity contribution in [3.63, 3.8) is 0 Å². The number of benzene rings is 2. The van der Waals surface area contributed by atoms with E-state index in [1.54, 1.807) is 17.0 Å². The maximum absolute atomic E-state index is 14.0. The molecule has 0 radical (unpaired) electrons. The summed E-state index contributed by atoms with van der Waals surface area (Å²) in [7, 11) is 1.85. The van der Waals surface area contributed by atoms with Crippen LogP contribution >= 0.6 is 23.2 Å². The van der Waals surface area contributed by atoms with Crippen LogP contribution in [0.5, 0.6) is 0 Å². The summed E-state index contributed by atoms with van der Waals surface area (Å²) in [5, 5.41) is 0.906. The smallest absolute Gasteiger partial charge is 0.239 e. The summed E-state index contributed by atoms with van der Waals surface area (Å²) in [5.74, 6) is 0.264. The number of hydrogen-bond acceptors (Lipinski definition) is 3. The van der Waals surface area contributed by atoms with Crippen LogP contribution in [0.15, 0.2) is 42.5 Å². The molecule has 2 aliphatic carbocycles. The summed E-state index contributed by atoms with van der Waals surface area (Å²) in [5.41, 5.74) is 3.03. The summed E-state index contributed by atoms with van der Waals surface area (Å²) in [4.78, 5) is 25.6. The topological polar surface area (TPSA) is 46.1 Å². The number of carbonyl (C=O) groups excluding carboxylic acids is 1. The maximum atomic E-state index is 14.0. The monoisotopic (exact) mass is 425 g/mol. The van der Waals surface area contributed by atoms with E-state index in [9.17, 15) is 4.79 Å². The van der Waals surface area contributed by atoms with Crippen LogP contribution in [-0.2, 0) is 10.2 Å². The number of aromatic nitrogens is 2. The Bertz CT molecular complexity index is 1160. The third-order valence-corrected chi connectivity index (χ3v) is 7.78. The highest BCUT2D eigenvalue weighted by atomic mass is 35.5. The minimum Gasteiger partial charge on any atom is -0.315 e. The number of anilines is 1. The van der Waals surface area contributed by atoms with Gasteiger partial charge in [-0.1, -0.05) is 55.2 Å². The minimum atomic E-state index is -0.703. The number of halogens is 2. The first-order valence-electron chi connectivity index (χ1n) is 9.78. The first-order chi connectivity index (χ1) is 13.8. The summed E-state index contributed by atoms with van der Waals surface area (Å²) in [6.45, 7) is 4.35. The van der Waals surface area contributed by atoms with Crippen molar-refractivity contribution in [3.8, 4) is 0 Å². The molecule has 1 saturated carbocycles. The number of para-hydroxylation sites is 1. The van der Waals surface area contributed by atoms with Crippen LogP contribution in [0, 0.1) is 5.41 Å². The van der Waals surface area contributed by atoms with Gasteiger partial charge in [0.1, 0.15) is 0 Å². The van der Waals surface area contributed by atoms with Gasteiger partial charge in [0, 0.05) is 18.7 Å². The SMILES string of the molecule is CN(C(=O)C12CCC(c3nc4cc(Cl)c(Cl)cc4nc31)C2(C)C)c1ccccc1. The van der Waals surface area contributed by atoms with Crippen LogP contribution < -0.4 is 4.90 Å². The molecule has 29 heavy (non-hydrogen) atoms. The van der Waals surface area contributed by atoms with Crippen molar-refractivity contribution in [1.29, 1.82) is 0 Å². The van der Waals surface area contributed by atoms with Crippen molar-refractivity contribution in [2.75, 3.05) is 11.9 Å². The number of amides is 1. The van der Waals surface area contributed by atoms with Crippen molar-refractivity contribution in [1.82, 2.24) is 9.97 Å². The largest absolute Gasteiger partial charge is 0.315 e. The van der Waals surface area contributed by atoms with E-state index in [1.165, 1.54) is 0 Å². The van der Waals surface area contributed by atoms with Gasteiger partial charge < -0.3 is 4.90 Å². The number of carbonyl (C=O) groups is 1. The Morgan fingerprint density at radius 2 is 1.69 bits per heavy atom. The standard InChI is InChI=1S/C23H21Cl2N3O/c1-22(2)14-9-10-23(22,21(29)28(3)13-7-5-4-6-8-13)20-19(14)26-17-11-15(24)16(25)12-18(17)27-20/h4-8,11-12,14H,9-10H2,1-3H3. The maximum Gasteiger partial charge on any atom is 0.239 e. The summed E-state index contributed by atoms with van der Waals surface area (Å²) >= 11 is 12.4. The van der Waals surface area contributed by atoms with Crippen LogP contribution in [0.2, 0.25) is 10.0 Å². The second kappa shape index (κ2) is 6.16. The molecule has 0 spiro atoms. The van der Waals surface area contributed by atoms with E-state index < -0.39 is 5.41 Å². The normalized spacial score (nSPS) is 24.0. The molecule has 2 aromatic carbocycles. The number of likely N-dealkylation sites (N-methyl/N-ethyl adjacent to an activating group) is 1. The minimum absolute atomic E-state index is 0.0728. The molecule has 6 heteroatoms.